The minimum absolute atomic E-state index is 0.00843. The second-order valence-corrected chi connectivity index (χ2v) is 5.04. The van der Waals surface area contributed by atoms with Crippen LogP contribution in [0.2, 0.25) is 0 Å². The number of non-ortho nitro benzene ring substituents is 1. The first-order chi connectivity index (χ1) is 10.1. The Bertz CT molecular complexity index is 495. The van der Waals surface area contributed by atoms with E-state index in [1.54, 1.807) is 12.1 Å². The van der Waals surface area contributed by atoms with Gasteiger partial charge in [-0.3, -0.25) is 15.0 Å². The highest BCUT2D eigenvalue weighted by Crippen LogP contribution is 2.24. The van der Waals surface area contributed by atoms with E-state index in [4.69, 9.17) is 4.74 Å². The average Bonchev–Trinajstić information content (AvgIpc) is 2.49. The van der Waals surface area contributed by atoms with Crippen LogP contribution >= 0.6 is 0 Å². The van der Waals surface area contributed by atoms with Gasteiger partial charge in [-0.15, -0.1) is 0 Å². The lowest BCUT2D eigenvalue weighted by atomic mass is 10.1. The van der Waals surface area contributed by atoms with Gasteiger partial charge in [0.2, 0.25) is 0 Å². The van der Waals surface area contributed by atoms with Crippen molar-refractivity contribution in [2.45, 2.75) is 19.6 Å². The third-order valence-electron chi connectivity index (χ3n) is 3.49. The van der Waals surface area contributed by atoms with Gasteiger partial charge in [0.15, 0.2) is 0 Å². The predicted octanol–water partition coefficient (Wildman–Crippen LogP) is 1.22. The molecule has 21 heavy (non-hydrogen) atoms. The number of aliphatic hydroxyl groups excluding tert-OH is 1. The maximum absolute atomic E-state index is 10.9. The smallest absolute Gasteiger partial charge is 0.269 e. The van der Waals surface area contributed by atoms with Gasteiger partial charge in [-0.2, -0.15) is 0 Å². The van der Waals surface area contributed by atoms with E-state index in [9.17, 15) is 15.2 Å². The van der Waals surface area contributed by atoms with E-state index in [-0.39, 0.29) is 23.3 Å². The maximum atomic E-state index is 10.9. The molecule has 1 aromatic rings. The Kier molecular flexibility index (Phi) is 5.49. The number of nitrogens with one attached hydrogen (secondary N) is 1. The van der Waals surface area contributed by atoms with Gasteiger partial charge >= 0.3 is 0 Å². The van der Waals surface area contributed by atoms with Crippen molar-refractivity contribution < 1.29 is 14.8 Å². The van der Waals surface area contributed by atoms with Crippen LogP contribution in [0.5, 0.6) is 0 Å². The largest absolute Gasteiger partial charge is 0.394 e. The lowest BCUT2D eigenvalue weighted by molar-refractivity contribution is -0.384. The summed E-state index contributed by atoms with van der Waals surface area (Å²) in [6, 6.07) is 4.87. The lowest BCUT2D eigenvalue weighted by Crippen LogP contribution is -2.43. The molecule has 0 aliphatic carbocycles. The van der Waals surface area contributed by atoms with E-state index in [2.05, 4.69) is 10.2 Å². The highest BCUT2D eigenvalue weighted by atomic mass is 16.6. The van der Waals surface area contributed by atoms with Crippen LogP contribution in [0.15, 0.2) is 18.2 Å². The zero-order valence-electron chi connectivity index (χ0n) is 12.1. The fourth-order valence-corrected chi connectivity index (χ4v) is 2.46. The molecule has 0 radical (unpaired) electrons. The topological polar surface area (TPSA) is 87.9 Å². The molecular weight excluding hydrogens is 274 g/mol. The Balaban J connectivity index is 2.15. The van der Waals surface area contributed by atoms with Gasteiger partial charge in [-0.05, 0) is 18.6 Å². The summed E-state index contributed by atoms with van der Waals surface area (Å²) >= 11 is 0. The zero-order valence-corrected chi connectivity index (χ0v) is 12.1. The van der Waals surface area contributed by atoms with Crippen molar-refractivity contribution in [3.63, 3.8) is 0 Å². The minimum Gasteiger partial charge on any atom is -0.394 e. The molecule has 1 aliphatic heterocycles. The van der Waals surface area contributed by atoms with Crippen molar-refractivity contribution in [2.24, 2.45) is 0 Å². The van der Waals surface area contributed by atoms with Gasteiger partial charge < -0.3 is 15.2 Å². The van der Waals surface area contributed by atoms with Crippen molar-refractivity contribution in [1.29, 1.82) is 0 Å². The van der Waals surface area contributed by atoms with E-state index >= 15 is 0 Å². The minimum atomic E-state index is -0.380. The van der Waals surface area contributed by atoms with Crippen LogP contribution < -0.4 is 5.32 Å². The molecule has 2 rings (SSSR count). The number of hydrogen-bond acceptors (Lipinski definition) is 6. The molecular formula is C14H21N3O4. The Labute approximate surface area is 123 Å². The summed E-state index contributed by atoms with van der Waals surface area (Å²) in [6.45, 7) is 5.29. The molecule has 0 saturated carbocycles. The van der Waals surface area contributed by atoms with Gasteiger partial charge in [-0.25, -0.2) is 0 Å². The molecule has 0 amide bonds. The lowest BCUT2D eigenvalue weighted by Gasteiger charge is -2.32. The van der Waals surface area contributed by atoms with Gasteiger partial charge in [0, 0.05) is 44.0 Å². The quantitative estimate of drug-likeness (QED) is 0.606. The van der Waals surface area contributed by atoms with E-state index in [1.165, 1.54) is 6.07 Å². The summed E-state index contributed by atoms with van der Waals surface area (Å²) in [5.41, 5.74) is 1.90. The molecule has 0 aromatic heterocycles. The fraction of sp³-hybridized carbons (Fsp3) is 0.571. The van der Waals surface area contributed by atoms with Crippen LogP contribution in [0, 0.1) is 10.1 Å². The molecule has 0 bridgehead atoms. The SMILES string of the molecule is CCNc1ccc([N+](=O)[O-])cc1CN1CCOC(CO)C1. The van der Waals surface area contributed by atoms with Crippen LogP contribution in [0.1, 0.15) is 12.5 Å². The standard InChI is InChI=1S/C14H21N3O4/c1-2-15-14-4-3-12(17(19)20)7-11(14)8-16-5-6-21-13(9-16)10-18/h3-4,7,13,15,18H,2,5-6,8-10H2,1H3. The third kappa shape index (κ3) is 4.13. The maximum Gasteiger partial charge on any atom is 0.269 e. The predicted molar refractivity (Wildman–Crippen MR) is 79.4 cm³/mol. The number of anilines is 1. The number of hydrogen-bond donors (Lipinski definition) is 2. The molecule has 1 aliphatic rings. The summed E-state index contributed by atoms with van der Waals surface area (Å²) in [5, 5.41) is 23.3. The fourth-order valence-electron chi connectivity index (χ4n) is 2.46. The number of ether oxygens (including phenoxy) is 1. The molecule has 7 nitrogen and oxygen atoms in total. The van der Waals surface area contributed by atoms with Gasteiger partial charge in [0.05, 0.1) is 24.2 Å². The first-order valence-corrected chi connectivity index (χ1v) is 7.10. The molecule has 1 saturated heterocycles. The summed E-state index contributed by atoms with van der Waals surface area (Å²) in [6.07, 6.45) is -0.181. The van der Waals surface area contributed by atoms with E-state index in [0.29, 0.717) is 19.7 Å². The van der Waals surface area contributed by atoms with Crippen molar-refractivity contribution in [1.82, 2.24) is 4.90 Å². The monoisotopic (exact) mass is 295 g/mol. The molecule has 2 N–H and O–H groups in total. The molecule has 1 unspecified atom stereocenters. The van der Waals surface area contributed by atoms with E-state index in [0.717, 1.165) is 24.3 Å². The first-order valence-electron chi connectivity index (χ1n) is 7.10. The van der Waals surface area contributed by atoms with Crippen molar-refractivity contribution in [2.75, 3.05) is 38.2 Å². The Morgan fingerprint density at radius 3 is 3.05 bits per heavy atom. The van der Waals surface area contributed by atoms with Crippen LogP contribution in [0.3, 0.4) is 0 Å². The van der Waals surface area contributed by atoms with Gasteiger partial charge in [-0.1, -0.05) is 0 Å². The van der Waals surface area contributed by atoms with Crippen LogP contribution in [-0.4, -0.2) is 53.9 Å². The number of rotatable bonds is 6. The van der Waals surface area contributed by atoms with Crippen LogP contribution in [-0.2, 0) is 11.3 Å². The second-order valence-electron chi connectivity index (χ2n) is 5.04. The Hall–Kier alpha value is -1.70. The number of benzene rings is 1. The summed E-state index contributed by atoms with van der Waals surface area (Å²) in [5.74, 6) is 0. The van der Waals surface area contributed by atoms with E-state index < -0.39 is 0 Å². The van der Waals surface area contributed by atoms with Crippen molar-refractivity contribution in [3.8, 4) is 0 Å². The normalized spacial score (nSPS) is 19.4. The number of nitro groups is 1. The molecule has 1 fully saturated rings. The molecule has 1 heterocycles. The Morgan fingerprint density at radius 1 is 1.57 bits per heavy atom. The highest BCUT2D eigenvalue weighted by molar-refractivity contribution is 5.56. The third-order valence-corrected chi connectivity index (χ3v) is 3.49. The molecule has 7 heteroatoms. The molecule has 1 aromatic carbocycles. The summed E-state index contributed by atoms with van der Waals surface area (Å²) < 4.78 is 5.42. The molecule has 116 valence electrons. The summed E-state index contributed by atoms with van der Waals surface area (Å²) in [4.78, 5) is 12.7. The number of nitro benzene ring substituents is 1. The Morgan fingerprint density at radius 2 is 2.38 bits per heavy atom. The number of nitrogens with zero attached hydrogens (tertiary/aromatic N) is 2. The first kappa shape index (κ1) is 15.7. The highest BCUT2D eigenvalue weighted by Gasteiger charge is 2.21. The average molecular weight is 295 g/mol. The zero-order chi connectivity index (χ0) is 15.2. The number of aliphatic hydroxyl groups is 1. The van der Waals surface area contributed by atoms with Crippen LogP contribution in [0.25, 0.3) is 0 Å². The van der Waals surface area contributed by atoms with Crippen molar-refractivity contribution >= 4 is 11.4 Å². The van der Waals surface area contributed by atoms with Crippen molar-refractivity contribution in [3.05, 3.63) is 33.9 Å². The number of morpholine rings is 1. The second kappa shape index (κ2) is 7.35. The van der Waals surface area contributed by atoms with Gasteiger partial charge in [0.1, 0.15) is 0 Å². The van der Waals surface area contributed by atoms with Gasteiger partial charge in [0.25, 0.3) is 5.69 Å². The van der Waals surface area contributed by atoms with Crippen LogP contribution in [0.4, 0.5) is 11.4 Å². The summed E-state index contributed by atoms with van der Waals surface area (Å²) in [7, 11) is 0. The molecule has 1 atom stereocenters. The van der Waals surface area contributed by atoms with E-state index in [1.807, 2.05) is 6.92 Å². The molecule has 0 spiro atoms.